The van der Waals surface area contributed by atoms with Crippen molar-refractivity contribution < 1.29 is 14.3 Å². The Hall–Kier alpha value is -1.22. The lowest BCUT2D eigenvalue weighted by molar-refractivity contribution is 0.0372. The summed E-state index contributed by atoms with van der Waals surface area (Å²) in [6.45, 7) is 12.0. The summed E-state index contributed by atoms with van der Waals surface area (Å²) in [6.07, 6.45) is -0.181. The maximum Gasteiger partial charge on any atom is 0.342 e. The lowest BCUT2D eigenvalue weighted by atomic mass is 10.0. The Balaban J connectivity index is 3.23. The second-order valence-corrected chi connectivity index (χ2v) is 6.04. The van der Waals surface area contributed by atoms with E-state index < -0.39 is 5.97 Å². The fourth-order valence-electron chi connectivity index (χ4n) is 1.82. The number of hydrogen-bond acceptors (Lipinski definition) is 3. The second kappa shape index (κ2) is 6.98. The van der Waals surface area contributed by atoms with Gasteiger partial charge in [0.2, 0.25) is 0 Å². The Kier molecular flexibility index (Phi) is 5.88. The van der Waals surface area contributed by atoms with Crippen molar-refractivity contribution in [3.8, 4) is 5.75 Å². The van der Waals surface area contributed by atoms with E-state index in [9.17, 15) is 4.79 Å². The summed E-state index contributed by atoms with van der Waals surface area (Å²) in [4.78, 5) is 12.2. The molecule has 0 aliphatic heterocycles. The van der Waals surface area contributed by atoms with Gasteiger partial charge < -0.3 is 9.47 Å². The molecule has 0 aromatic heterocycles. The third kappa shape index (κ3) is 4.14. The number of rotatable bonds is 5. The topological polar surface area (TPSA) is 35.5 Å². The lowest BCUT2D eigenvalue weighted by Crippen LogP contribution is -2.16. The molecule has 4 heteroatoms. The third-order valence-electron chi connectivity index (χ3n) is 2.76. The highest BCUT2D eigenvalue weighted by Gasteiger charge is 2.22. The average molecular weight is 299 g/mol. The Morgan fingerprint density at radius 1 is 1.25 bits per heavy atom. The number of benzene rings is 1. The van der Waals surface area contributed by atoms with E-state index in [4.69, 9.17) is 21.1 Å². The quantitative estimate of drug-likeness (QED) is 0.748. The van der Waals surface area contributed by atoms with Crippen molar-refractivity contribution in [1.29, 1.82) is 0 Å². The summed E-state index contributed by atoms with van der Waals surface area (Å²) in [6, 6.07) is 1.80. The molecule has 0 saturated heterocycles. The van der Waals surface area contributed by atoms with Crippen molar-refractivity contribution in [2.75, 3.05) is 6.61 Å². The zero-order valence-corrected chi connectivity index (χ0v) is 13.8. The van der Waals surface area contributed by atoms with Crippen LogP contribution < -0.4 is 4.74 Å². The molecule has 0 aliphatic carbocycles. The van der Waals surface area contributed by atoms with Crippen LogP contribution in [0.5, 0.6) is 5.75 Å². The highest BCUT2D eigenvalue weighted by molar-refractivity contribution is 6.32. The number of carbonyl (C=O) groups is 1. The van der Waals surface area contributed by atoms with Gasteiger partial charge in [-0.3, -0.25) is 0 Å². The van der Waals surface area contributed by atoms with Gasteiger partial charge in [0.05, 0.1) is 12.7 Å². The molecule has 0 amide bonds. The molecule has 20 heavy (non-hydrogen) atoms. The van der Waals surface area contributed by atoms with Crippen LogP contribution in [0.4, 0.5) is 0 Å². The van der Waals surface area contributed by atoms with Crippen LogP contribution in [0.25, 0.3) is 0 Å². The fraction of sp³-hybridized carbons (Fsp3) is 0.562. The molecule has 0 N–H and O–H groups in total. The molecule has 112 valence electrons. The van der Waals surface area contributed by atoms with Gasteiger partial charge in [0.1, 0.15) is 11.3 Å². The Labute approximate surface area is 126 Å². The minimum atomic E-state index is -0.391. The van der Waals surface area contributed by atoms with Crippen molar-refractivity contribution in [2.45, 2.75) is 47.6 Å². The second-order valence-electron chi connectivity index (χ2n) is 5.66. The molecule has 0 aliphatic rings. The molecule has 0 radical (unpaired) electrons. The largest absolute Gasteiger partial charge is 0.492 e. The molecule has 0 unspecified atom stereocenters. The molecule has 0 atom stereocenters. The standard InChI is InChI=1S/C16H23ClO3/c1-9(2)8-19-13-7-11(5)15(17)12(6)14(13)16(18)20-10(3)4/h7,9-10H,8H2,1-6H3. The molecule has 3 nitrogen and oxygen atoms in total. The van der Waals surface area contributed by atoms with Gasteiger partial charge in [-0.15, -0.1) is 0 Å². The van der Waals surface area contributed by atoms with Gasteiger partial charge in [-0.25, -0.2) is 4.79 Å². The number of esters is 1. The first-order valence-corrected chi connectivity index (χ1v) is 7.25. The minimum Gasteiger partial charge on any atom is -0.492 e. The van der Waals surface area contributed by atoms with E-state index in [-0.39, 0.29) is 6.10 Å². The van der Waals surface area contributed by atoms with Crippen LogP contribution in [0.2, 0.25) is 5.02 Å². The maximum atomic E-state index is 12.2. The zero-order valence-electron chi connectivity index (χ0n) is 13.0. The maximum absolute atomic E-state index is 12.2. The van der Waals surface area contributed by atoms with Crippen LogP contribution in [-0.2, 0) is 4.74 Å². The van der Waals surface area contributed by atoms with Gasteiger partial charge in [-0.1, -0.05) is 25.4 Å². The van der Waals surface area contributed by atoms with E-state index in [2.05, 4.69) is 13.8 Å². The zero-order chi connectivity index (χ0) is 15.4. The van der Waals surface area contributed by atoms with Gasteiger partial charge in [0.15, 0.2) is 0 Å². The van der Waals surface area contributed by atoms with Crippen molar-refractivity contribution in [1.82, 2.24) is 0 Å². The predicted molar refractivity (Wildman–Crippen MR) is 81.8 cm³/mol. The van der Waals surface area contributed by atoms with Crippen molar-refractivity contribution in [2.24, 2.45) is 5.92 Å². The summed E-state index contributed by atoms with van der Waals surface area (Å²) in [5.41, 5.74) is 2.02. The Morgan fingerprint density at radius 2 is 1.85 bits per heavy atom. The third-order valence-corrected chi connectivity index (χ3v) is 3.35. The van der Waals surface area contributed by atoms with E-state index >= 15 is 0 Å². The van der Waals surface area contributed by atoms with E-state index in [1.54, 1.807) is 6.07 Å². The van der Waals surface area contributed by atoms with Crippen molar-refractivity contribution in [3.05, 3.63) is 27.8 Å². The Bertz CT molecular complexity index is 493. The fourth-order valence-corrected chi connectivity index (χ4v) is 1.97. The number of ether oxygens (including phenoxy) is 2. The first kappa shape index (κ1) is 16.8. The van der Waals surface area contributed by atoms with Gasteiger partial charge >= 0.3 is 5.97 Å². The SMILES string of the molecule is Cc1cc(OCC(C)C)c(C(=O)OC(C)C)c(C)c1Cl. The molecule has 1 rings (SSSR count). The number of halogens is 1. The predicted octanol–water partition coefficient (Wildman–Crippen LogP) is 4.56. The summed E-state index contributed by atoms with van der Waals surface area (Å²) < 4.78 is 11.0. The Morgan fingerprint density at radius 3 is 2.35 bits per heavy atom. The summed E-state index contributed by atoms with van der Waals surface area (Å²) in [7, 11) is 0. The number of aryl methyl sites for hydroxylation is 1. The van der Waals surface area contributed by atoms with E-state index in [0.29, 0.717) is 34.4 Å². The first-order valence-electron chi connectivity index (χ1n) is 6.87. The average Bonchev–Trinajstić information content (AvgIpc) is 2.32. The number of hydrogen-bond donors (Lipinski definition) is 0. The molecule has 0 fully saturated rings. The van der Waals surface area contributed by atoms with Gasteiger partial charge in [0.25, 0.3) is 0 Å². The molecule has 1 aromatic rings. The smallest absolute Gasteiger partial charge is 0.342 e. The van der Waals surface area contributed by atoms with E-state index in [1.807, 2.05) is 27.7 Å². The monoisotopic (exact) mass is 298 g/mol. The van der Waals surface area contributed by atoms with Crippen molar-refractivity contribution in [3.63, 3.8) is 0 Å². The van der Waals surface area contributed by atoms with Crippen LogP contribution in [0.1, 0.15) is 49.2 Å². The van der Waals surface area contributed by atoms with Gasteiger partial charge in [0, 0.05) is 5.02 Å². The number of carbonyl (C=O) groups excluding carboxylic acids is 1. The van der Waals surface area contributed by atoms with Gasteiger partial charge in [-0.2, -0.15) is 0 Å². The van der Waals surface area contributed by atoms with Gasteiger partial charge in [-0.05, 0) is 50.8 Å². The van der Waals surface area contributed by atoms with Crippen LogP contribution in [0.3, 0.4) is 0 Å². The summed E-state index contributed by atoms with van der Waals surface area (Å²) >= 11 is 6.23. The van der Waals surface area contributed by atoms with Crippen molar-refractivity contribution >= 4 is 17.6 Å². The van der Waals surface area contributed by atoms with Crippen LogP contribution in [0, 0.1) is 19.8 Å². The summed E-state index contributed by atoms with van der Waals surface area (Å²) in [5.74, 6) is 0.530. The molecule has 1 aromatic carbocycles. The molecule has 0 heterocycles. The van der Waals surface area contributed by atoms with Crippen LogP contribution in [0.15, 0.2) is 6.07 Å². The normalized spacial score (nSPS) is 11.1. The van der Waals surface area contributed by atoms with E-state index in [0.717, 1.165) is 5.56 Å². The lowest BCUT2D eigenvalue weighted by Gasteiger charge is -2.18. The molecular formula is C16H23ClO3. The highest BCUT2D eigenvalue weighted by atomic mass is 35.5. The minimum absolute atomic E-state index is 0.181. The molecule has 0 spiro atoms. The highest BCUT2D eigenvalue weighted by Crippen LogP contribution is 2.32. The summed E-state index contributed by atoms with van der Waals surface area (Å²) in [5, 5.41) is 0.581. The molecular weight excluding hydrogens is 276 g/mol. The molecule has 0 saturated carbocycles. The van der Waals surface area contributed by atoms with E-state index in [1.165, 1.54) is 0 Å². The van der Waals surface area contributed by atoms with Crippen LogP contribution in [-0.4, -0.2) is 18.7 Å². The van der Waals surface area contributed by atoms with Crippen LogP contribution >= 0.6 is 11.6 Å². The molecule has 0 bridgehead atoms. The first-order chi connectivity index (χ1) is 9.23.